The van der Waals surface area contributed by atoms with Crippen LogP contribution in [0.4, 0.5) is 0 Å². The molecule has 68 valence electrons. The van der Waals surface area contributed by atoms with Gasteiger partial charge in [0.2, 0.25) is 0 Å². The topological polar surface area (TPSA) is 0 Å². The molecule has 2 saturated carbocycles. The fraction of sp³-hybridized carbons (Fsp3) is 0.909. The SMILES string of the molecule is CC1C(=S2CCC2)C2CC2C1C. The first-order valence-corrected chi connectivity index (χ1v) is 6.89. The van der Waals surface area contributed by atoms with Crippen LogP contribution in [0.3, 0.4) is 0 Å². The zero-order valence-electron chi connectivity index (χ0n) is 8.05. The van der Waals surface area contributed by atoms with Crippen molar-refractivity contribution in [2.45, 2.75) is 26.7 Å². The second-order valence-corrected chi connectivity index (χ2v) is 7.08. The average molecular weight is 182 g/mol. The Hall–Kier alpha value is 0.220. The Morgan fingerprint density at radius 3 is 2.42 bits per heavy atom. The molecule has 1 heterocycles. The lowest BCUT2D eigenvalue weighted by molar-refractivity contribution is 0.457. The highest BCUT2D eigenvalue weighted by atomic mass is 32.2. The Morgan fingerprint density at radius 1 is 1.25 bits per heavy atom. The summed E-state index contributed by atoms with van der Waals surface area (Å²) >= 11 is 0. The third-order valence-corrected chi connectivity index (χ3v) is 7.14. The normalized spacial score (nSPS) is 52.0. The molecule has 0 bridgehead atoms. The van der Waals surface area contributed by atoms with Crippen molar-refractivity contribution in [1.29, 1.82) is 0 Å². The van der Waals surface area contributed by atoms with E-state index in [4.69, 9.17) is 0 Å². The Labute approximate surface area is 77.7 Å². The molecule has 3 fully saturated rings. The highest BCUT2D eigenvalue weighted by molar-refractivity contribution is 8.17. The first-order chi connectivity index (χ1) is 5.79. The molecule has 1 saturated heterocycles. The van der Waals surface area contributed by atoms with Crippen molar-refractivity contribution in [3.63, 3.8) is 0 Å². The van der Waals surface area contributed by atoms with Crippen LogP contribution in [0.2, 0.25) is 0 Å². The van der Waals surface area contributed by atoms with E-state index in [2.05, 4.69) is 13.8 Å². The molecule has 2 aliphatic carbocycles. The van der Waals surface area contributed by atoms with Crippen molar-refractivity contribution in [3.05, 3.63) is 0 Å². The van der Waals surface area contributed by atoms with E-state index in [1.165, 1.54) is 6.42 Å². The average Bonchev–Trinajstić information content (AvgIpc) is 2.67. The Morgan fingerprint density at radius 2 is 2.00 bits per heavy atom. The predicted octanol–water partition coefficient (Wildman–Crippen LogP) is 2.75. The largest absolute Gasteiger partial charge is 0.186 e. The fourth-order valence-electron chi connectivity index (χ4n) is 3.09. The fourth-order valence-corrected chi connectivity index (χ4v) is 5.58. The van der Waals surface area contributed by atoms with Gasteiger partial charge in [-0.25, -0.2) is 0 Å². The van der Waals surface area contributed by atoms with Crippen molar-refractivity contribution < 1.29 is 0 Å². The van der Waals surface area contributed by atoms with E-state index in [1.807, 2.05) is 4.86 Å². The van der Waals surface area contributed by atoms with Crippen LogP contribution in [0.1, 0.15) is 26.7 Å². The van der Waals surface area contributed by atoms with Crippen molar-refractivity contribution in [2.24, 2.45) is 23.7 Å². The predicted molar refractivity (Wildman–Crippen MR) is 56.9 cm³/mol. The molecule has 0 aromatic carbocycles. The van der Waals surface area contributed by atoms with Gasteiger partial charge in [0.05, 0.1) is 0 Å². The Balaban J connectivity index is 1.95. The minimum absolute atomic E-state index is 0.806. The van der Waals surface area contributed by atoms with Gasteiger partial charge >= 0.3 is 0 Å². The van der Waals surface area contributed by atoms with Gasteiger partial charge in [0, 0.05) is 0 Å². The highest BCUT2D eigenvalue weighted by Crippen LogP contribution is 2.59. The Bertz CT molecular complexity index is 248. The van der Waals surface area contributed by atoms with E-state index in [0.717, 1.165) is 34.2 Å². The summed E-state index contributed by atoms with van der Waals surface area (Å²) in [4.78, 5) is 2.03. The molecule has 4 unspecified atom stereocenters. The van der Waals surface area contributed by atoms with Crippen LogP contribution < -0.4 is 0 Å². The molecule has 1 heteroatoms. The zero-order chi connectivity index (χ0) is 8.29. The van der Waals surface area contributed by atoms with Crippen molar-refractivity contribution in [1.82, 2.24) is 0 Å². The lowest BCUT2D eigenvalue weighted by Gasteiger charge is -2.26. The van der Waals surface area contributed by atoms with Gasteiger partial charge < -0.3 is 0 Å². The van der Waals surface area contributed by atoms with Gasteiger partial charge in [0.25, 0.3) is 0 Å². The van der Waals surface area contributed by atoms with Crippen LogP contribution in [0.5, 0.6) is 0 Å². The van der Waals surface area contributed by atoms with Gasteiger partial charge in [0.1, 0.15) is 0 Å². The highest BCUT2D eigenvalue weighted by Gasteiger charge is 2.54. The summed E-state index contributed by atoms with van der Waals surface area (Å²) in [7, 11) is 0.806. The van der Waals surface area contributed by atoms with Crippen LogP contribution in [-0.2, 0) is 0 Å². The van der Waals surface area contributed by atoms with Gasteiger partial charge in [0.15, 0.2) is 0 Å². The molecule has 0 nitrogen and oxygen atoms in total. The number of hydrogen-bond acceptors (Lipinski definition) is 0. The number of hydrogen-bond donors (Lipinski definition) is 0. The maximum Gasteiger partial charge on any atom is -0.0110 e. The third-order valence-electron chi connectivity index (χ3n) is 4.23. The summed E-state index contributed by atoms with van der Waals surface area (Å²) in [5, 5.41) is 0. The van der Waals surface area contributed by atoms with E-state index in [-0.39, 0.29) is 0 Å². The van der Waals surface area contributed by atoms with E-state index in [1.54, 1.807) is 17.9 Å². The molecule has 3 aliphatic rings. The summed E-state index contributed by atoms with van der Waals surface area (Å²) in [5.41, 5.74) is 0. The molecular formula is C11H18S. The standard InChI is InChI=1S/C11H18S/c1-7-8(2)11(10-6-9(7)10)12-4-3-5-12/h7-10H,3-6H2,1-2H3. The molecule has 3 rings (SSSR count). The first-order valence-electron chi connectivity index (χ1n) is 5.33. The van der Waals surface area contributed by atoms with Gasteiger partial charge in [-0.15, -0.1) is 0 Å². The van der Waals surface area contributed by atoms with Gasteiger partial charge in [-0.3, -0.25) is 0 Å². The number of fused-ring (bicyclic) bond motifs is 1. The van der Waals surface area contributed by atoms with Crippen molar-refractivity contribution >= 4 is 15.3 Å². The summed E-state index contributed by atoms with van der Waals surface area (Å²) < 4.78 is 0. The third kappa shape index (κ3) is 0.837. The van der Waals surface area contributed by atoms with Gasteiger partial charge in [-0.05, 0) is 52.9 Å². The minimum Gasteiger partial charge on any atom is -0.186 e. The van der Waals surface area contributed by atoms with E-state index in [0.29, 0.717) is 0 Å². The molecule has 0 amide bonds. The van der Waals surface area contributed by atoms with Crippen LogP contribution >= 0.6 is 10.5 Å². The smallest absolute Gasteiger partial charge is 0.0110 e. The summed E-state index contributed by atoms with van der Waals surface area (Å²) in [6.45, 7) is 4.96. The lowest BCUT2D eigenvalue weighted by atomic mass is 9.95. The van der Waals surface area contributed by atoms with Crippen LogP contribution in [0.15, 0.2) is 0 Å². The van der Waals surface area contributed by atoms with Crippen molar-refractivity contribution in [3.8, 4) is 0 Å². The maximum atomic E-state index is 2.48. The molecule has 0 N–H and O–H groups in total. The summed E-state index contributed by atoms with van der Waals surface area (Å²) in [5.74, 6) is 7.35. The first kappa shape index (κ1) is 7.61. The van der Waals surface area contributed by atoms with E-state index in [9.17, 15) is 0 Å². The van der Waals surface area contributed by atoms with Crippen LogP contribution in [0.25, 0.3) is 0 Å². The minimum atomic E-state index is 0.806. The van der Waals surface area contributed by atoms with E-state index >= 15 is 0 Å². The maximum absolute atomic E-state index is 2.48. The number of rotatable bonds is 0. The molecule has 0 aromatic rings. The summed E-state index contributed by atoms with van der Waals surface area (Å²) in [6.07, 6.45) is 3.08. The van der Waals surface area contributed by atoms with Crippen molar-refractivity contribution in [2.75, 3.05) is 11.5 Å². The van der Waals surface area contributed by atoms with Gasteiger partial charge in [-0.2, -0.15) is 10.5 Å². The molecule has 0 spiro atoms. The molecule has 12 heavy (non-hydrogen) atoms. The zero-order valence-corrected chi connectivity index (χ0v) is 8.86. The molecule has 4 atom stereocenters. The van der Waals surface area contributed by atoms with Crippen LogP contribution in [0, 0.1) is 23.7 Å². The second-order valence-electron chi connectivity index (χ2n) is 4.81. The van der Waals surface area contributed by atoms with Gasteiger partial charge in [-0.1, -0.05) is 13.8 Å². The molecular weight excluding hydrogens is 164 g/mol. The monoisotopic (exact) mass is 182 g/mol. The summed E-state index contributed by atoms with van der Waals surface area (Å²) in [6, 6.07) is 0. The second kappa shape index (κ2) is 2.37. The molecule has 0 aromatic heterocycles. The lowest BCUT2D eigenvalue weighted by Crippen LogP contribution is -2.19. The van der Waals surface area contributed by atoms with Crippen LogP contribution in [-0.4, -0.2) is 16.4 Å². The Kier molecular flexibility index (Phi) is 1.50. The molecule has 1 aliphatic heterocycles. The quantitative estimate of drug-likeness (QED) is 0.505. The van der Waals surface area contributed by atoms with E-state index < -0.39 is 0 Å². The molecule has 0 radical (unpaired) electrons.